The van der Waals surface area contributed by atoms with Gasteiger partial charge in [0.25, 0.3) is 0 Å². The minimum Gasteiger partial charge on any atom is -0.381 e. The van der Waals surface area contributed by atoms with Crippen LogP contribution in [0.4, 0.5) is 5.69 Å². The van der Waals surface area contributed by atoms with Crippen molar-refractivity contribution in [2.24, 2.45) is 11.8 Å². The Morgan fingerprint density at radius 3 is 2.74 bits per heavy atom. The number of rotatable bonds is 6. The zero-order chi connectivity index (χ0) is 19.4. The van der Waals surface area contributed by atoms with Crippen LogP contribution in [0.2, 0.25) is 0 Å². The number of hydrogen-bond donors (Lipinski definition) is 0. The molecule has 0 N–H and O–H groups in total. The van der Waals surface area contributed by atoms with Gasteiger partial charge in [0.15, 0.2) is 0 Å². The molecule has 2 amide bonds. The highest BCUT2D eigenvalue weighted by Gasteiger charge is 2.37. The molecule has 27 heavy (non-hydrogen) atoms. The first kappa shape index (κ1) is 19.9. The lowest BCUT2D eigenvalue weighted by atomic mass is 9.96. The second kappa shape index (κ2) is 8.87. The molecule has 1 unspecified atom stereocenters. The van der Waals surface area contributed by atoms with Crippen molar-refractivity contribution < 1.29 is 14.3 Å². The number of ether oxygens (including phenoxy) is 1. The van der Waals surface area contributed by atoms with Crippen LogP contribution in [0, 0.1) is 18.8 Å². The number of nitrogens with zero attached hydrogens (tertiary/aromatic N) is 2. The molecule has 0 aliphatic carbocycles. The summed E-state index contributed by atoms with van der Waals surface area (Å²) in [5, 5.41) is 0. The van der Waals surface area contributed by atoms with Crippen molar-refractivity contribution in [3.8, 4) is 0 Å². The number of anilines is 1. The maximum Gasteiger partial charge on any atom is 0.227 e. The number of carbonyl (C=O) groups excluding carboxylic acids is 2. The maximum atomic E-state index is 12.9. The number of amides is 2. The molecule has 2 saturated heterocycles. The normalized spacial score (nSPS) is 20.9. The molecule has 2 aliphatic heterocycles. The van der Waals surface area contributed by atoms with Gasteiger partial charge in [0.05, 0.1) is 5.92 Å². The van der Waals surface area contributed by atoms with Gasteiger partial charge in [-0.05, 0) is 49.7 Å². The molecule has 1 aromatic rings. The first-order chi connectivity index (χ1) is 13.0. The standard InChI is InChI=1S/C22H32N2O3/c1-4-18-7-5-6-16(2)21(18)24-15-19(14-20(24)25)22(26)23(3)11-8-17-9-12-27-13-10-17/h5-7,17,19H,4,8-15H2,1-3H3. The van der Waals surface area contributed by atoms with Crippen molar-refractivity contribution in [1.82, 2.24) is 4.90 Å². The second-order valence-electron chi connectivity index (χ2n) is 7.95. The highest BCUT2D eigenvalue weighted by Crippen LogP contribution is 2.32. The quantitative estimate of drug-likeness (QED) is 0.771. The zero-order valence-corrected chi connectivity index (χ0v) is 16.9. The van der Waals surface area contributed by atoms with E-state index in [9.17, 15) is 9.59 Å². The first-order valence-electron chi connectivity index (χ1n) is 10.2. The third-order valence-electron chi connectivity index (χ3n) is 6.04. The maximum absolute atomic E-state index is 12.9. The summed E-state index contributed by atoms with van der Waals surface area (Å²) >= 11 is 0. The van der Waals surface area contributed by atoms with Crippen molar-refractivity contribution in [2.75, 3.05) is 38.3 Å². The van der Waals surface area contributed by atoms with Crippen molar-refractivity contribution >= 4 is 17.5 Å². The van der Waals surface area contributed by atoms with Crippen molar-refractivity contribution in [3.05, 3.63) is 29.3 Å². The first-order valence-corrected chi connectivity index (χ1v) is 10.2. The lowest BCUT2D eigenvalue weighted by Crippen LogP contribution is -2.36. The Bertz CT molecular complexity index is 682. The molecular weight excluding hydrogens is 340 g/mol. The fourth-order valence-electron chi connectivity index (χ4n) is 4.31. The molecule has 2 aliphatic rings. The van der Waals surface area contributed by atoms with Gasteiger partial charge in [-0.2, -0.15) is 0 Å². The van der Waals surface area contributed by atoms with E-state index >= 15 is 0 Å². The lowest BCUT2D eigenvalue weighted by Gasteiger charge is -2.26. The van der Waals surface area contributed by atoms with E-state index in [-0.39, 0.29) is 17.7 Å². The van der Waals surface area contributed by atoms with Crippen LogP contribution < -0.4 is 4.90 Å². The van der Waals surface area contributed by atoms with E-state index in [0.717, 1.165) is 56.7 Å². The highest BCUT2D eigenvalue weighted by molar-refractivity contribution is 6.01. The fourth-order valence-corrected chi connectivity index (χ4v) is 4.31. The summed E-state index contributed by atoms with van der Waals surface area (Å²) in [7, 11) is 1.88. The molecule has 0 spiro atoms. The van der Waals surface area contributed by atoms with E-state index in [4.69, 9.17) is 4.74 Å². The summed E-state index contributed by atoms with van der Waals surface area (Å²) in [4.78, 5) is 29.2. The monoisotopic (exact) mass is 372 g/mol. The SMILES string of the molecule is CCc1cccc(C)c1N1CC(C(=O)N(C)CCC2CCOCC2)CC1=O. The Balaban J connectivity index is 1.62. The van der Waals surface area contributed by atoms with Gasteiger partial charge in [0.1, 0.15) is 0 Å². The molecule has 2 heterocycles. The number of carbonyl (C=O) groups is 2. The topological polar surface area (TPSA) is 49.9 Å². The Morgan fingerprint density at radius 1 is 1.30 bits per heavy atom. The smallest absolute Gasteiger partial charge is 0.227 e. The van der Waals surface area contributed by atoms with Gasteiger partial charge in [-0.25, -0.2) is 0 Å². The van der Waals surface area contributed by atoms with Crippen LogP contribution >= 0.6 is 0 Å². The molecule has 5 heteroatoms. The van der Waals surface area contributed by atoms with Crippen LogP contribution in [0.25, 0.3) is 0 Å². The van der Waals surface area contributed by atoms with Gasteiger partial charge >= 0.3 is 0 Å². The Labute approximate surface area is 162 Å². The summed E-state index contributed by atoms with van der Waals surface area (Å²) in [5.41, 5.74) is 3.28. The number of benzene rings is 1. The van der Waals surface area contributed by atoms with Gasteiger partial charge in [0.2, 0.25) is 11.8 Å². The Morgan fingerprint density at radius 2 is 2.04 bits per heavy atom. The third-order valence-corrected chi connectivity index (χ3v) is 6.04. The van der Waals surface area contributed by atoms with Crippen LogP contribution in [0.5, 0.6) is 0 Å². The van der Waals surface area contributed by atoms with E-state index in [1.54, 1.807) is 0 Å². The predicted molar refractivity (Wildman–Crippen MR) is 107 cm³/mol. The van der Waals surface area contributed by atoms with E-state index in [0.29, 0.717) is 18.9 Å². The van der Waals surface area contributed by atoms with Crippen LogP contribution in [0.1, 0.15) is 43.7 Å². The molecule has 2 fully saturated rings. The summed E-state index contributed by atoms with van der Waals surface area (Å²) in [5.74, 6) is 0.580. The predicted octanol–water partition coefficient (Wildman–Crippen LogP) is 3.19. The summed E-state index contributed by atoms with van der Waals surface area (Å²) < 4.78 is 5.41. The third kappa shape index (κ3) is 4.52. The van der Waals surface area contributed by atoms with Gasteiger partial charge < -0.3 is 14.5 Å². The second-order valence-corrected chi connectivity index (χ2v) is 7.95. The molecule has 0 bridgehead atoms. The van der Waals surface area contributed by atoms with Gasteiger partial charge in [-0.1, -0.05) is 25.1 Å². The van der Waals surface area contributed by atoms with Gasteiger partial charge in [-0.3, -0.25) is 9.59 Å². The molecular formula is C22H32N2O3. The Kier molecular flexibility index (Phi) is 6.53. The molecule has 1 aromatic carbocycles. The van der Waals surface area contributed by atoms with Crippen LogP contribution in [0.3, 0.4) is 0 Å². The number of hydrogen-bond acceptors (Lipinski definition) is 3. The average molecular weight is 373 g/mol. The fraction of sp³-hybridized carbons (Fsp3) is 0.636. The van der Waals surface area contributed by atoms with E-state index in [1.165, 1.54) is 5.56 Å². The minimum atomic E-state index is -0.235. The van der Waals surface area contributed by atoms with E-state index in [1.807, 2.05) is 35.9 Å². The summed E-state index contributed by atoms with van der Waals surface area (Å²) in [6, 6.07) is 6.15. The van der Waals surface area contributed by atoms with Gasteiger partial charge in [0, 0.05) is 45.5 Å². The highest BCUT2D eigenvalue weighted by atomic mass is 16.5. The van der Waals surface area contributed by atoms with Crippen molar-refractivity contribution in [1.29, 1.82) is 0 Å². The van der Waals surface area contributed by atoms with E-state index in [2.05, 4.69) is 13.0 Å². The van der Waals surface area contributed by atoms with E-state index < -0.39 is 0 Å². The van der Waals surface area contributed by atoms with Crippen LogP contribution in [-0.4, -0.2) is 50.1 Å². The van der Waals surface area contributed by atoms with Gasteiger partial charge in [-0.15, -0.1) is 0 Å². The molecule has 1 atom stereocenters. The average Bonchev–Trinajstić information content (AvgIpc) is 3.07. The number of aryl methyl sites for hydroxylation is 2. The summed E-state index contributed by atoms with van der Waals surface area (Å²) in [6.07, 6.45) is 4.39. The molecule has 0 saturated carbocycles. The minimum absolute atomic E-state index is 0.0650. The lowest BCUT2D eigenvalue weighted by molar-refractivity contribution is -0.134. The van der Waals surface area contributed by atoms with Crippen molar-refractivity contribution in [2.45, 2.75) is 46.0 Å². The van der Waals surface area contributed by atoms with Crippen LogP contribution in [0.15, 0.2) is 18.2 Å². The van der Waals surface area contributed by atoms with Crippen molar-refractivity contribution in [3.63, 3.8) is 0 Å². The molecule has 0 radical (unpaired) electrons. The molecule has 0 aromatic heterocycles. The zero-order valence-electron chi connectivity index (χ0n) is 16.9. The molecule has 148 valence electrons. The molecule has 5 nitrogen and oxygen atoms in total. The summed E-state index contributed by atoms with van der Waals surface area (Å²) in [6.45, 7) is 7.08. The largest absolute Gasteiger partial charge is 0.381 e. The number of para-hydroxylation sites is 1. The van der Waals surface area contributed by atoms with Crippen LogP contribution in [-0.2, 0) is 20.7 Å². The molecule has 3 rings (SSSR count). The Hall–Kier alpha value is -1.88.